The number of nitrogens with one attached hydrogen (secondary N) is 1. The van der Waals surface area contributed by atoms with Gasteiger partial charge in [-0.25, -0.2) is 0 Å². The monoisotopic (exact) mass is 341 g/mol. The molecule has 1 unspecified atom stereocenters. The van der Waals surface area contributed by atoms with E-state index in [0.717, 1.165) is 23.5 Å². The summed E-state index contributed by atoms with van der Waals surface area (Å²) >= 11 is 0. The summed E-state index contributed by atoms with van der Waals surface area (Å²) < 4.78 is 16.6. The molecule has 0 fully saturated rings. The van der Waals surface area contributed by atoms with E-state index in [1.165, 1.54) is 6.08 Å². The van der Waals surface area contributed by atoms with Gasteiger partial charge in [0.15, 0.2) is 11.5 Å². The molecule has 1 amide bonds. The number of carbonyl (C=O) groups is 1. The molecule has 0 saturated heterocycles. The summed E-state index contributed by atoms with van der Waals surface area (Å²) in [5, 5.41) is 3.05. The Hall–Kier alpha value is -2.69. The van der Waals surface area contributed by atoms with E-state index in [2.05, 4.69) is 19.2 Å². The van der Waals surface area contributed by atoms with Gasteiger partial charge in [0.25, 0.3) is 0 Å². The van der Waals surface area contributed by atoms with Gasteiger partial charge >= 0.3 is 0 Å². The van der Waals surface area contributed by atoms with Crippen LogP contribution in [0.2, 0.25) is 0 Å². The lowest BCUT2D eigenvalue weighted by atomic mass is 9.95. The van der Waals surface area contributed by atoms with Crippen LogP contribution in [-0.2, 0) is 4.79 Å². The fourth-order valence-corrected chi connectivity index (χ4v) is 2.75. The number of benzene rings is 1. The van der Waals surface area contributed by atoms with Gasteiger partial charge in [-0.15, -0.1) is 0 Å². The molecule has 1 atom stereocenters. The molecule has 2 aromatic rings. The number of hydrogen-bond acceptors (Lipinski definition) is 4. The van der Waals surface area contributed by atoms with Crippen LogP contribution in [0.3, 0.4) is 0 Å². The van der Waals surface area contributed by atoms with E-state index >= 15 is 0 Å². The van der Waals surface area contributed by atoms with Crippen molar-refractivity contribution in [3.8, 4) is 11.5 Å². The smallest absolute Gasteiger partial charge is 0.244 e. The van der Waals surface area contributed by atoms with Crippen LogP contribution in [0, 0.1) is 5.92 Å². The fourth-order valence-electron chi connectivity index (χ4n) is 2.75. The SMILES string of the molecule is CC(C)C(NC(=O)/C=C/c1ccco1)c1ccc2c(c1)OCCCO2. The normalized spacial score (nSPS) is 15.2. The van der Waals surface area contributed by atoms with Crippen molar-refractivity contribution < 1.29 is 18.7 Å². The van der Waals surface area contributed by atoms with E-state index in [9.17, 15) is 4.79 Å². The number of carbonyl (C=O) groups excluding carboxylic acids is 1. The van der Waals surface area contributed by atoms with Crippen molar-refractivity contribution in [3.63, 3.8) is 0 Å². The lowest BCUT2D eigenvalue weighted by Crippen LogP contribution is -2.30. The topological polar surface area (TPSA) is 60.7 Å². The Balaban J connectivity index is 1.74. The second-order valence-electron chi connectivity index (χ2n) is 6.34. The molecule has 132 valence electrons. The molecular formula is C20H23NO4. The highest BCUT2D eigenvalue weighted by atomic mass is 16.5. The van der Waals surface area contributed by atoms with Gasteiger partial charge < -0.3 is 19.2 Å². The van der Waals surface area contributed by atoms with Crippen LogP contribution < -0.4 is 14.8 Å². The first-order valence-corrected chi connectivity index (χ1v) is 8.55. The summed E-state index contributed by atoms with van der Waals surface area (Å²) in [6, 6.07) is 9.32. The number of fused-ring (bicyclic) bond motifs is 1. The maximum Gasteiger partial charge on any atom is 0.244 e. The Bertz CT molecular complexity index is 734. The third-order valence-corrected chi connectivity index (χ3v) is 4.04. The lowest BCUT2D eigenvalue weighted by molar-refractivity contribution is -0.117. The first-order chi connectivity index (χ1) is 12.1. The standard InChI is InChI=1S/C20H23NO4/c1-14(2)20(21-19(22)9-7-16-5-3-10-23-16)15-6-8-17-18(13-15)25-12-4-11-24-17/h3,5-10,13-14,20H,4,11-12H2,1-2H3,(H,21,22)/b9-7+. The summed E-state index contributed by atoms with van der Waals surface area (Å²) in [6.07, 6.45) is 5.58. The number of amides is 1. The molecule has 0 bridgehead atoms. The second kappa shape index (κ2) is 7.92. The van der Waals surface area contributed by atoms with Crippen molar-refractivity contribution in [2.45, 2.75) is 26.3 Å². The molecule has 1 aromatic carbocycles. The zero-order chi connectivity index (χ0) is 17.6. The highest BCUT2D eigenvalue weighted by Crippen LogP contribution is 2.34. The highest BCUT2D eigenvalue weighted by molar-refractivity contribution is 5.91. The van der Waals surface area contributed by atoms with Crippen LogP contribution in [0.15, 0.2) is 47.1 Å². The molecule has 0 aliphatic carbocycles. The van der Waals surface area contributed by atoms with Crippen LogP contribution in [0.25, 0.3) is 6.08 Å². The first kappa shape index (κ1) is 17.1. The molecule has 0 spiro atoms. The largest absolute Gasteiger partial charge is 0.490 e. The van der Waals surface area contributed by atoms with E-state index in [-0.39, 0.29) is 17.9 Å². The van der Waals surface area contributed by atoms with Gasteiger partial charge in [-0.2, -0.15) is 0 Å². The summed E-state index contributed by atoms with van der Waals surface area (Å²) in [6.45, 7) is 5.45. The lowest BCUT2D eigenvalue weighted by Gasteiger charge is -2.23. The van der Waals surface area contributed by atoms with Crippen LogP contribution in [-0.4, -0.2) is 19.1 Å². The van der Waals surface area contributed by atoms with E-state index in [1.807, 2.05) is 18.2 Å². The van der Waals surface area contributed by atoms with E-state index in [4.69, 9.17) is 13.9 Å². The number of rotatable bonds is 5. The van der Waals surface area contributed by atoms with E-state index < -0.39 is 0 Å². The average Bonchev–Trinajstić information content (AvgIpc) is 3.01. The summed E-state index contributed by atoms with van der Waals surface area (Å²) in [5.74, 6) is 2.20. The van der Waals surface area contributed by atoms with Crippen molar-refractivity contribution in [2.75, 3.05) is 13.2 Å². The van der Waals surface area contributed by atoms with E-state index in [0.29, 0.717) is 19.0 Å². The Kier molecular flexibility index (Phi) is 5.43. The van der Waals surface area contributed by atoms with Crippen LogP contribution in [0.5, 0.6) is 11.5 Å². The molecule has 1 aliphatic heterocycles. The van der Waals surface area contributed by atoms with Gasteiger partial charge in [-0.1, -0.05) is 19.9 Å². The zero-order valence-electron chi connectivity index (χ0n) is 14.5. The minimum atomic E-state index is -0.165. The predicted octanol–water partition coefficient (Wildman–Crippen LogP) is 3.97. The number of hydrogen-bond donors (Lipinski definition) is 1. The van der Waals surface area contributed by atoms with Gasteiger partial charge in [-0.3, -0.25) is 4.79 Å². The molecule has 2 heterocycles. The molecule has 3 rings (SSSR count). The molecule has 5 nitrogen and oxygen atoms in total. The van der Waals surface area contributed by atoms with Crippen molar-refractivity contribution >= 4 is 12.0 Å². The average molecular weight is 341 g/mol. The van der Waals surface area contributed by atoms with Crippen LogP contribution >= 0.6 is 0 Å². The Labute approximate surface area is 147 Å². The molecule has 1 N–H and O–H groups in total. The molecule has 0 radical (unpaired) electrons. The van der Waals surface area contributed by atoms with Crippen molar-refractivity contribution in [1.29, 1.82) is 0 Å². The van der Waals surface area contributed by atoms with Gasteiger partial charge in [-0.05, 0) is 41.8 Å². The summed E-state index contributed by atoms with van der Waals surface area (Å²) in [5.41, 5.74) is 0.999. The second-order valence-corrected chi connectivity index (χ2v) is 6.34. The maximum absolute atomic E-state index is 12.3. The molecule has 0 saturated carbocycles. The van der Waals surface area contributed by atoms with Crippen LogP contribution in [0.4, 0.5) is 0 Å². The van der Waals surface area contributed by atoms with Gasteiger partial charge in [0, 0.05) is 12.5 Å². The fraction of sp³-hybridized carbons (Fsp3) is 0.350. The Morgan fingerprint density at radius 2 is 1.96 bits per heavy atom. The minimum absolute atomic E-state index is 0.120. The van der Waals surface area contributed by atoms with Gasteiger partial charge in [0.2, 0.25) is 5.91 Å². The van der Waals surface area contributed by atoms with Crippen LogP contribution in [0.1, 0.15) is 37.6 Å². The molecule has 1 aromatic heterocycles. The quantitative estimate of drug-likeness (QED) is 0.836. The Morgan fingerprint density at radius 1 is 1.16 bits per heavy atom. The molecule has 5 heteroatoms. The summed E-state index contributed by atoms with van der Waals surface area (Å²) in [7, 11) is 0. The third-order valence-electron chi connectivity index (χ3n) is 4.04. The summed E-state index contributed by atoms with van der Waals surface area (Å²) in [4.78, 5) is 12.3. The molecule has 25 heavy (non-hydrogen) atoms. The highest BCUT2D eigenvalue weighted by Gasteiger charge is 2.20. The predicted molar refractivity (Wildman–Crippen MR) is 95.5 cm³/mol. The van der Waals surface area contributed by atoms with Crippen molar-refractivity contribution in [3.05, 3.63) is 54.0 Å². The third kappa shape index (κ3) is 4.44. The molecular weight excluding hydrogens is 318 g/mol. The molecule has 1 aliphatic rings. The van der Waals surface area contributed by atoms with Crippen molar-refractivity contribution in [1.82, 2.24) is 5.32 Å². The zero-order valence-corrected chi connectivity index (χ0v) is 14.5. The van der Waals surface area contributed by atoms with Gasteiger partial charge in [0.1, 0.15) is 5.76 Å². The maximum atomic E-state index is 12.3. The van der Waals surface area contributed by atoms with E-state index in [1.54, 1.807) is 24.5 Å². The van der Waals surface area contributed by atoms with Gasteiger partial charge in [0.05, 0.1) is 25.5 Å². The first-order valence-electron chi connectivity index (χ1n) is 8.55. The number of ether oxygens (including phenoxy) is 2. The van der Waals surface area contributed by atoms with Crippen molar-refractivity contribution in [2.24, 2.45) is 5.92 Å². The number of furan rings is 1. The minimum Gasteiger partial charge on any atom is -0.490 e. The Morgan fingerprint density at radius 3 is 2.68 bits per heavy atom.